The van der Waals surface area contributed by atoms with Gasteiger partial charge in [-0.3, -0.25) is 19.2 Å². The van der Waals surface area contributed by atoms with Crippen molar-refractivity contribution in [3.05, 3.63) is 0 Å². The first kappa shape index (κ1) is 39.9. The smallest absolute Gasteiger partial charge is 0.305 e. The van der Waals surface area contributed by atoms with Gasteiger partial charge in [0.15, 0.2) is 0 Å². The number of aliphatic carboxylic acids is 2. The first-order valence-corrected chi connectivity index (χ1v) is 17.3. The van der Waals surface area contributed by atoms with E-state index in [0.717, 1.165) is 38.5 Å². The summed E-state index contributed by atoms with van der Waals surface area (Å²) in [5.41, 5.74) is 0. The first-order valence-electron chi connectivity index (χ1n) is 17.3. The summed E-state index contributed by atoms with van der Waals surface area (Å²) in [5, 5.41) is 18.3. The number of hydrogen-bond acceptors (Lipinski definition) is 4. The van der Waals surface area contributed by atoms with Gasteiger partial charge in [-0.15, -0.1) is 0 Å². The third kappa shape index (κ3) is 25.6. The summed E-state index contributed by atoms with van der Waals surface area (Å²) in [5.74, 6) is -2.28. The highest BCUT2D eigenvalue weighted by atomic mass is 16.4. The maximum absolute atomic E-state index is 13.0. The fourth-order valence-electron chi connectivity index (χ4n) is 5.29. The normalized spacial score (nSPS) is 11.0. The van der Waals surface area contributed by atoms with Crippen LogP contribution in [-0.4, -0.2) is 69.9 Å². The van der Waals surface area contributed by atoms with Crippen LogP contribution in [0.15, 0.2) is 0 Å². The van der Waals surface area contributed by atoms with Crippen molar-refractivity contribution in [2.24, 2.45) is 0 Å². The topological polar surface area (TPSA) is 115 Å². The average molecular weight is 597 g/mol. The van der Waals surface area contributed by atoms with Gasteiger partial charge in [-0.25, -0.2) is 0 Å². The Bertz CT molecular complexity index is 642. The molecular formula is C34H64N2O6. The molecule has 0 heterocycles. The number of nitrogens with zero attached hydrogens (tertiary/aromatic N) is 2. The van der Waals surface area contributed by atoms with E-state index in [1.54, 1.807) is 9.80 Å². The van der Waals surface area contributed by atoms with Crippen LogP contribution >= 0.6 is 0 Å². The number of hydrogen-bond donors (Lipinski definition) is 2. The quantitative estimate of drug-likeness (QED) is 0.0779. The summed E-state index contributed by atoms with van der Waals surface area (Å²) in [6, 6.07) is 0. The second-order valence-electron chi connectivity index (χ2n) is 11.9. The van der Waals surface area contributed by atoms with Gasteiger partial charge in [0.1, 0.15) is 0 Å². The molecule has 0 aliphatic rings. The highest BCUT2D eigenvalue weighted by molar-refractivity contribution is 5.84. The summed E-state index contributed by atoms with van der Waals surface area (Å²) >= 11 is 0. The highest BCUT2D eigenvalue weighted by Crippen LogP contribution is 2.14. The molecule has 0 radical (unpaired) electrons. The average Bonchev–Trinajstić information content (AvgIpc) is 2.96. The molecule has 0 bridgehead atoms. The molecule has 0 aromatic rings. The third-order valence-electron chi connectivity index (χ3n) is 8.01. The van der Waals surface area contributed by atoms with E-state index in [9.17, 15) is 19.2 Å². The SMILES string of the molecule is CCCCCCCCCCCCN(CCC(=O)O)C(=O)CCC(=O)N(CCCCCCCCCCCC)CCC(=O)O. The summed E-state index contributed by atoms with van der Waals surface area (Å²) in [4.78, 5) is 51.4. The van der Waals surface area contributed by atoms with Crippen LogP contribution in [0.1, 0.15) is 168 Å². The van der Waals surface area contributed by atoms with E-state index in [4.69, 9.17) is 10.2 Å². The molecule has 8 heteroatoms. The molecule has 0 saturated heterocycles. The molecule has 0 fully saturated rings. The Labute approximate surface area is 257 Å². The Morgan fingerprint density at radius 3 is 0.905 bits per heavy atom. The van der Waals surface area contributed by atoms with Crippen molar-refractivity contribution in [1.82, 2.24) is 9.80 Å². The second-order valence-corrected chi connectivity index (χ2v) is 11.9. The molecule has 42 heavy (non-hydrogen) atoms. The molecule has 0 saturated carbocycles. The van der Waals surface area contributed by atoms with Crippen LogP contribution in [-0.2, 0) is 19.2 Å². The molecule has 0 aromatic heterocycles. The predicted molar refractivity (Wildman–Crippen MR) is 171 cm³/mol. The standard InChI is InChI=1S/C34H64N2O6/c1-3-5-7-9-11-13-15-17-19-21-27-35(29-25-33(39)40)31(37)23-24-32(38)36(30-26-34(41)42)28-22-20-18-16-14-12-10-8-6-4-2/h3-30H2,1-2H3,(H,39,40)(H,41,42). The van der Waals surface area contributed by atoms with E-state index < -0.39 is 11.9 Å². The van der Waals surface area contributed by atoms with E-state index in [2.05, 4.69) is 13.8 Å². The number of carbonyl (C=O) groups is 4. The van der Waals surface area contributed by atoms with Crippen molar-refractivity contribution in [2.75, 3.05) is 26.2 Å². The van der Waals surface area contributed by atoms with E-state index in [1.807, 2.05) is 0 Å². The molecule has 2 amide bonds. The van der Waals surface area contributed by atoms with Crippen LogP contribution in [0.2, 0.25) is 0 Å². The predicted octanol–water partition coefficient (Wildman–Crippen LogP) is 8.22. The lowest BCUT2D eigenvalue weighted by molar-refractivity contribution is -0.142. The molecule has 8 nitrogen and oxygen atoms in total. The fraction of sp³-hybridized carbons (Fsp3) is 0.882. The van der Waals surface area contributed by atoms with Gasteiger partial charge in [-0.05, 0) is 12.8 Å². The van der Waals surface area contributed by atoms with Crippen LogP contribution in [0.25, 0.3) is 0 Å². The van der Waals surface area contributed by atoms with Gasteiger partial charge in [0.25, 0.3) is 0 Å². The Balaban J connectivity index is 4.50. The second kappa shape index (κ2) is 29.0. The van der Waals surface area contributed by atoms with Gasteiger partial charge in [0.2, 0.25) is 11.8 Å². The van der Waals surface area contributed by atoms with E-state index in [-0.39, 0.29) is 50.6 Å². The van der Waals surface area contributed by atoms with Gasteiger partial charge in [0.05, 0.1) is 12.8 Å². The lowest BCUT2D eigenvalue weighted by atomic mass is 10.1. The third-order valence-corrected chi connectivity index (χ3v) is 8.01. The first-order chi connectivity index (χ1) is 20.3. The molecule has 0 aliphatic heterocycles. The lowest BCUT2D eigenvalue weighted by Crippen LogP contribution is -2.37. The summed E-state index contributed by atoms with van der Waals surface area (Å²) in [6.45, 7) is 5.78. The van der Waals surface area contributed by atoms with Crippen molar-refractivity contribution < 1.29 is 29.4 Å². The molecule has 246 valence electrons. The van der Waals surface area contributed by atoms with Crippen molar-refractivity contribution in [3.63, 3.8) is 0 Å². The number of rotatable bonds is 31. The number of carbonyl (C=O) groups excluding carboxylic acids is 2. The zero-order valence-corrected chi connectivity index (χ0v) is 27.2. The maximum atomic E-state index is 13.0. The van der Waals surface area contributed by atoms with Gasteiger partial charge < -0.3 is 20.0 Å². The molecule has 2 N–H and O–H groups in total. The van der Waals surface area contributed by atoms with Crippen LogP contribution in [0.4, 0.5) is 0 Å². The molecule has 0 atom stereocenters. The zero-order valence-electron chi connectivity index (χ0n) is 27.2. The minimum Gasteiger partial charge on any atom is -0.481 e. The number of unbranched alkanes of at least 4 members (excludes halogenated alkanes) is 18. The van der Waals surface area contributed by atoms with Crippen LogP contribution in [0.3, 0.4) is 0 Å². The number of amides is 2. The number of carboxylic acid groups (broad SMARTS) is 2. The Morgan fingerprint density at radius 1 is 0.381 bits per heavy atom. The molecule has 0 aromatic carbocycles. The van der Waals surface area contributed by atoms with Crippen LogP contribution < -0.4 is 0 Å². The molecular weight excluding hydrogens is 532 g/mol. The zero-order chi connectivity index (χ0) is 31.3. The van der Waals surface area contributed by atoms with E-state index in [0.29, 0.717) is 13.1 Å². The van der Waals surface area contributed by atoms with Crippen molar-refractivity contribution in [1.29, 1.82) is 0 Å². The van der Waals surface area contributed by atoms with Crippen LogP contribution in [0, 0.1) is 0 Å². The minimum atomic E-state index is -0.941. The van der Waals surface area contributed by atoms with E-state index >= 15 is 0 Å². The Kier molecular flexibility index (Phi) is 27.5. The van der Waals surface area contributed by atoms with Crippen molar-refractivity contribution in [2.45, 2.75) is 168 Å². The monoisotopic (exact) mass is 596 g/mol. The van der Waals surface area contributed by atoms with Gasteiger partial charge in [0, 0.05) is 39.0 Å². The fourth-order valence-corrected chi connectivity index (χ4v) is 5.29. The van der Waals surface area contributed by atoms with Crippen molar-refractivity contribution in [3.8, 4) is 0 Å². The highest BCUT2D eigenvalue weighted by Gasteiger charge is 2.19. The van der Waals surface area contributed by atoms with Crippen LogP contribution in [0.5, 0.6) is 0 Å². The summed E-state index contributed by atoms with van der Waals surface area (Å²) < 4.78 is 0. The molecule has 0 aliphatic carbocycles. The number of carboxylic acids is 2. The maximum Gasteiger partial charge on any atom is 0.305 e. The van der Waals surface area contributed by atoms with E-state index in [1.165, 1.54) is 89.9 Å². The molecule has 0 spiro atoms. The van der Waals surface area contributed by atoms with Gasteiger partial charge in [-0.1, -0.05) is 129 Å². The van der Waals surface area contributed by atoms with Crippen molar-refractivity contribution >= 4 is 23.8 Å². The summed E-state index contributed by atoms with van der Waals surface area (Å²) in [7, 11) is 0. The lowest BCUT2D eigenvalue weighted by Gasteiger charge is -2.24. The summed E-state index contributed by atoms with van der Waals surface area (Å²) in [6.07, 6.45) is 23.5. The molecule has 0 unspecified atom stereocenters. The van der Waals surface area contributed by atoms with Gasteiger partial charge in [-0.2, -0.15) is 0 Å². The minimum absolute atomic E-state index is 0.0256. The Morgan fingerprint density at radius 2 is 0.643 bits per heavy atom. The largest absolute Gasteiger partial charge is 0.481 e. The molecule has 0 rings (SSSR count). The Hall–Kier alpha value is -2.12. The van der Waals surface area contributed by atoms with Gasteiger partial charge >= 0.3 is 11.9 Å².